The van der Waals surface area contributed by atoms with E-state index in [1.165, 1.54) is 19.2 Å². The second kappa shape index (κ2) is 4.66. The highest BCUT2D eigenvalue weighted by molar-refractivity contribution is 8.04. The molecule has 0 aromatic heterocycles. The third-order valence-electron chi connectivity index (χ3n) is 2.44. The second-order valence-corrected chi connectivity index (χ2v) is 4.70. The average Bonchev–Trinajstić information content (AvgIpc) is 2.57. The van der Waals surface area contributed by atoms with Crippen LogP contribution in [0.5, 0.6) is 0 Å². The van der Waals surface area contributed by atoms with Crippen LogP contribution < -0.4 is 0 Å². The minimum absolute atomic E-state index is 0.109. The third-order valence-corrected chi connectivity index (χ3v) is 3.53. The molecule has 1 aliphatic heterocycles. The fourth-order valence-electron chi connectivity index (χ4n) is 1.46. The Labute approximate surface area is 107 Å². The molecule has 0 unspecified atom stereocenters. The molecule has 6 heteroatoms. The zero-order chi connectivity index (χ0) is 13.3. The smallest absolute Gasteiger partial charge is 0.336 e. The average molecular weight is 263 g/mol. The van der Waals surface area contributed by atoms with E-state index >= 15 is 0 Å². The largest absolute Gasteiger partial charge is 0.478 e. The summed E-state index contributed by atoms with van der Waals surface area (Å²) in [5, 5.41) is 9.01. The number of benzene rings is 1. The van der Waals surface area contributed by atoms with Crippen LogP contribution in [0.1, 0.15) is 10.4 Å². The van der Waals surface area contributed by atoms with Crippen LogP contribution in [0.4, 0.5) is 0 Å². The molecule has 0 aliphatic carbocycles. The van der Waals surface area contributed by atoms with Crippen LogP contribution in [0.25, 0.3) is 0 Å². The molecule has 0 saturated heterocycles. The van der Waals surface area contributed by atoms with Crippen LogP contribution in [0.2, 0.25) is 0 Å². The summed E-state index contributed by atoms with van der Waals surface area (Å²) in [7, 11) is 1.39. The summed E-state index contributed by atoms with van der Waals surface area (Å²) in [6.07, 6.45) is 1.21. The summed E-state index contributed by atoms with van der Waals surface area (Å²) < 4.78 is 0. The fourth-order valence-corrected chi connectivity index (χ4v) is 2.49. The van der Waals surface area contributed by atoms with Crippen LogP contribution in [-0.4, -0.2) is 34.8 Å². The number of carbonyl (C=O) groups excluding carboxylic acids is 2. The summed E-state index contributed by atoms with van der Waals surface area (Å²) in [5.74, 6) is -1.87. The number of likely N-dealkylation sites (N-methyl/N-ethyl adjacent to an activating group) is 1. The molecule has 1 aliphatic rings. The molecule has 1 aromatic rings. The van der Waals surface area contributed by atoms with Gasteiger partial charge in [-0.3, -0.25) is 14.5 Å². The standard InChI is InChI=1S/C12H9NO4S/c1-13-10(14)6-9(11(13)15)18-8-5-3-2-4-7(8)12(16)17/h2-6H,1H3,(H,16,17). The first-order chi connectivity index (χ1) is 8.50. The van der Waals surface area contributed by atoms with Gasteiger partial charge in [0.2, 0.25) is 0 Å². The van der Waals surface area contributed by atoms with Crippen molar-refractivity contribution in [2.24, 2.45) is 0 Å². The summed E-state index contributed by atoms with van der Waals surface area (Å²) in [6.45, 7) is 0. The minimum Gasteiger partial charge on any atom is -0.478 e. The number of rotatable bonds is 3. The van der Waals surface area contributed by atoms with Gasteiger partial charge in [-0.1, -0.05) is 23.9 Å². The topological polar surface area (TPSA) is 74.7 Å². The van der Waals surface area contributed by atoms with Crippen molar-refractivity contribution in [2.45, 2.75) is 4.90 Å². The Kier molecular flexibility index (Phi) is 3.20. The number of carbonyl (C=O) groups is 3. The van der Waals surface area contributed by atoms with E-state index in [1.807, 2.05) is 0 Å². The molecule has 2 rings (SSSR count). The number of hydrogen-bond acceptors (Lipinski definition) is 4. The van der Waals surface area contributed by atoms with Crippen molar-refractivity contribution >= 4 is 29.5 Å². The Morgan fingerprint density at radius 1 is 1.28 bits per heavy atom. The van der Waals surface area contributed by atoms with E-state index in [0.717, 1.165) is 16.7 Å². The first-order valence-electron chi connectivity index (χ1n) is 5.04. The van der Waals surface area contributed by atoms with Gasteiger partial charge in [-0.05, 0) is 12.1 Å². The predicted octanol–water partition coefficient (Wildman–Crippen LogP) is 1.36. The van der Waals surface area contributed by atoms with Gasteiger partial charge in [-0.25, -0.2) is 4.79 Å². The van der Waals surface area contributed by atoms with E-state index in [-0.39, 0.29) is 10.5 Å². The van der Waals surface area contributed by atoms with Crippen molar-refractivity contribution in [3.05, 3.63) is 40.8 Å². The summed E-state index contributed by atoms with van der Waals surface area (Å²) in [5.41, 5.74) is 0.109. The second-order valence-electron chi connectivity index (χ2n) is 3.61. The molecule has 18 heavy (non-hydrogen) atoms. The number of carboxylic acids is 1. The highest BCUT2D eigenvalue weighted by Gasteiger charge is 2.29. The third kappa shape index (κ3) is 2.14. The molecule has 92 valence electrons. The molecular formula is C12H9NO4S. The van der Waals surface area contributed by atoms with Gasteiger partial charge in [0.15, 0.2) is 0 Å². The minimum atomic E-state index is -1.07. The van der Waals surface area contributed by atoms with Gasteiger partial charge in [-0.2, -0.15) is 0 Å². The zero-order valence-electron chi connectivity index (χ0n) is 9.41. The van der Waals surface area contributed by atoms with Gasteiger partial charge in [0.25, 0.3) is 11.8 Å². The lowest BCUT2D eigenvalue weighted by atomic mass is 10.2. The normalized spacial score (nSPS) is 14.9. The Morgan fingerprint density at radius 3 is 2.50 bits per heavy atom. The van der Waals surface area contributed by atoms with E-state index in [4.69, 9.17) is 5.11 Å². The van der Waals surface area contributed by atoms with Gasteiger partial charge >= 0.3 is 5.97 Å². The number of hydrogen-bond donors (Lipinski definition) is 1. The molecule has 1 aromatic carbocycles. The van der Waals surface area contributed by atoms with Crippen LogP contribution in [0, 0.1) is 0 Å². The molecular weight excluding hydrogens is 254 g/mol. The highest BCUT2D eigenvalue weighted by Crippen LogP contribution is 2.33. The Morgan fingerprint density at radius 2 is 1.94 bits per heavy atom. The number of thioether (sulfide) groups is 1. The highest BCUT2D eigenvalue weighted by atomic mass is 32.2. The first kappa shape index (κ1) is 12.4. The quantitative estimate of drug-likeness (QED) is 0.833. The molecule has 0 saturated carbocycles. The Hall–Kier alpha value is -2.08. The molecule has 0 fully saturated rings. The van der Waals surface area contributed by atoms with E-state index in [0.29, 0.717) is 4.90 Å². The molecule has 2 amide bonds. The number of nitrogens with zero attached hydrogens (tertiary/aromatic N) is 1. The van der Waals surface area contributed by atoms with Crippen molar-refractivity contribution in [1.82, 2.24) is 4.90 Å². The van der Waals surface area contributed by atoms with Crippen molar-refractivity contribution in [3.8, 4) is 0 Å². The Bertz CT molecular complexity index is 579. The maximum absolute atomic E-state index is 11.7. The first-order valence-corrected chi connectivity index (χ1v) is 5.86. The van der Waals surface area contributed by atoms with Crippen LogP contribution in [-0.2, 0) is 9.59 Å². The monoisotopic (exact) mass is 263 g/mol. The molecule has 0 atom stereocenters. The summed E-state index contributed by atoms with van der Waals surface area (Å²) in [6, 6.07) is 6.34. The van der Waals surface area contributed by atoms with Gasteiger partial charge in [0.1, 0.15) is 0 Å². The van der Waals surface area contributed by atoms with Crippen LogP contribution in [0.15, 0.2) is 40.1 Å². The SMILES string of the molecule is CN1C(=O)C=C(Sc2ccccc2C(=O)O)C1=O. The number of carboxylic acid groups (broad SMARTS) is 1. The number of imide groups is 1. The van der Waals surface area contributed by atoms with Gasteiger partial charge < -0.3 is 5.11 Å². The number of amides is 2. The summed E-state index contributed by atoms with van der Waals surface area (Å²) in [4.78, 5) is 35.6. The maximum Gasteiger partial charge on any atom is 0.336 e. The van der Waals surface area contributed by atoms with Crippen molar-refractivity contribution in [1.29, 1.82) is 0 Å². The van der Waals surface area contributed by atoms with E-state index in [9.17, 15) is 14.4 Å². The van der Waals surface area contributed by atoms with E-state index in [1.54, 1.807) is 18.2 Å². The zero-order valence-corrected chi connectivity index (χ0v) is 10.2. The molecule has 5 nitrogen and oxygen atoms in total. The lowest BCUT2D eigenvalue weighted by Gasteiger charge is -2.07. The van der Waals surface area contributed by atoms with Crippen LogP contribution >= 0.6 is 11.8 Å². The lowest BCUT2D eigenvalue weighted by molar-refractivity contribution is -0.135. The fraction of sp³-hybridized carbons (Fsp3) is 0.0833. The van der Waals surface area contributed by atoms with Crippen molar-refractivity contribution < 1.29 is 19.5 Å². The van der Waals surface area contributed by atoms with Crippen molar-refractivity contribution in [2.75, 3.05) is 7.05 Å². The van der Waals surface area contributed by atoms with Crippen LogP contribution in [0.3, 0.4) is 0 Å². The molecule has 1 heterocycles. The molecule has 0 bridgehead atoms. The van der Waals surface area contributed by atoms with E-state index in [2.05, 4.69) is 0 Å². The lowest BCUT2D eigenvalue weighted by Crippen LogP contribution is -2.25. The summed E-state index contributed by atoms with van der Waals surface area (Å²) >= 11 is 0.990. The van der Waals surface area contributed by atoms with Gasteiger partial charge in [-0.15, -0.1) is 0 Å². The van der Waals surface area contributed by atoms with Gasteiger partial charge in [0, 0.05) is 18.0 Å². The molecule has 0 spiro atoms. The predicted molar refractivity (Wildman–Crippen MR) is 65.1 cm³/mol. The van der Waals surface area contributed by atoms with Gasteiger partial charge in [0.05, 0.1) is 10.5 Å². The molecule has 1 N–H and O–H groups in total. The maximum atomic E-state index is 11.7. The Balaban J connectivity index is 2.31. The van der Waals surface area contributed by atoms with Crippen molar-refractivity contribution in [3.63, 3.8) is 0 Å². The number of aromatic carboxylic acids is 1. The van der Waals surface area contributed by atoms with E-state index < -0.39 is 17.8 Å². The molecule has 0 radical (unpaired) electrons.